The predicted octanol–water partition coefficient (Wildman–Crippen LogP) is 3.00. The summed E-state index contributed by atoms with van der Waals surface area (Å²) in [5.41, 5.74) is 0.993. The lowest BCUT2D eigenvalue weighted by molar-refractivity contribution is 0.413. The van der Waals surface area contributed by atoms with Gasteiger partial charge in [-0.15, -0.1) is 11.3 Å². The Labute approximate surface area is 96.9 Å². The maximum atomic E-state index is 13.7. The number of hydrogen-bond acceptors (Lipinski definition) is 4. The van der Waals surface area contributed by atoms with Crippen LogP contribution in [0.1, 0.15) is 0 Å². The van der Waals surface area contributed by atoms with Gasteiger partial charge >= 0.3 is 0 Å². The van der Waals surface area contributed by atoms with Crippen LogP contribution in [0.2, 0.25) is 0 Å². The van der Waals surface area contributed by atoms with Crippen LogP contribution < -0.4 is 10.1 Å². The molecule has 0 fully saturated rings. The Morgan fingerprint density at radius 1 is 1.44 bits per heavy atom. The van der Waals surface area contributed by atoms with Crippen LogP contribution in [0.5, 0.6) is 5.75 Å². The van der Waals surface area contributed by atoms with E-state index in [-0.39, 0.29) is 5.82 Å². The van der Waals surface area contributed by atoms with Crippen LogP contribution >= 0.6 is 11.3 Å². The zero-order chi connectivity index (χ0) is 11.5. The molecule has 0 aliphatic carbocycles. The maximum absolute atomic E-state index is 13.7. The van der Waals surface area contributed by atoms with Gasteiger partial charge in [0.2, 0.25) is 0 Å². The second-order valence-electron chi connectivity index (χ2n) is 3.10. The first-order chi connectivity index (χ1) is 7.76. The standard InChI is InChI=1S/C11H11FN2OS/c1-13-11-14-8(6-16-11)10-7(12)4-3-5-9(10)15-2/h3-6H,1-2H3,(H,13,14). The van der Waals surface area contributed by atoms with Gasteiger partial charge in [-0.2, -0.15) is 0 Å². The molecule has 0 saturated carbocycles. The largest absolute Gasteiger partial charge is 0.496 e. The molecule has 84 valence electrons. The summed E-state index contributed by atoms with van der Waals surface area (Å²) in [6.07, 6.45) is 0. The molecule has 5 heteroatoms. The first-order valence-electron chi connectivity index (χ1n) is 4.72. The fraction of sp³-hybridized carbons (Fsp3) is 0.182. The van der Waals surface area contributed by atoms with Gasteiger partial charge < -0.3 is 10.1 Å². The summed E-state index contributed by atoms with van der Waals surface area (Å²) in [6.45, 7) is 0. The monoisotopic (exact) mass is 238 g/mol. The summed E-state index contributed by atoms with van der Waals surface area (Å²) in [7, 11) is 3.30. The number of aromatic nitrogens is 1. The van der Waals surface area contributed by atoms with Crippen LogP contribution in [-0.2, 0) is 0 Å². The quantitative estimate of drug-likeness (QED) is 0.892. The number of rotatable bonds is 3. The van der Waals surface area contributed by atoms with Crippen LogP contribution in [0.15, 0.2) is 23.6 Å². The van der Waals surface area contributed by atoms with E-state index in [1.807, 2.05) is 0 Å². The highest BCUT2D eigenvalue weighted by molar-refractivity contribution is 7.14. The van der Waals surface area contributed by atoms with E-state index in [2.05, 4.69) is 10.3 Å². The number of anilines is 1. The fourth-order valence-corrected chi connectivity index (χ4v) is 2.09. The van der Waals surface area contributed by atoms with Gasteiger partial charge in [0.15, 0.2) is 5.13 Å². The Balaban J connectivity index is 2.53. The van der Waals surface area contributed by atoms with Crippen molar-refractivity contribution >= 4 is 16.5 Å². The van der Waals surface area contributed by atoms with Crippen molar-refractivity contribution in [2.45, 2.75) is 0 Å². The Morgan fingerprint density at radius 2 is 2.25 bits per heavy atom. The molecule has 16 heavy (non-hydrogen) atoms. The van der Waals surface area contributed by atoms with Crippen molar-refractivity contribution in [2.24, 2.45) is 0 Å². The normalized spacial score (nSPS) is 10.2. The third kappa shape index (κ3) is 1.86. The molecule has 3 nitrogen and oxygen atoms in total. The summed E-state index contributed by atoms with van der Waals surface area (Å²) >= 11 is 1.43. The lowest BCUT2D eigenvalue weighted by Gasteiger charge is -2.06. The van der Waals surface area contributed by atoms with E-state index < -0.39 is 0 Å². The number of benzene rings is 1. The molecule has 0 unspecified atom stereocenters. The third-order valence-corrected chi connectivity index (χ3v) is 3.03. The second kappa shape index (κ2) is 4.49. The maximum Gasteiger partial charge on any atom is 0.182 e. The van der Waals surface area contributed by atoms with Crippen molar-refractivity contribution in [2.75, 3.05) is 19.5 Å². The Hall–Kier alpha value is -1.62. The van der Waals surface area contributed by atoms with Gasteiger partial charge in [-0.3, -0.25) is 0 Å². The summed E-state index contributed by atoms with van der Waals surface area (Å²) in [5.74, 6) is 0.167. The molecular weight excluding hydrogens is 227 g/mol. The van der Waals surface area contributed by atoms with Crippen LogP contribution in [0.25, 0.3) is 11.3 Å². The fourth-order valence-electron chi connectivity index (χ4n) is 1.43. The lowest BCUT2D eigenvalue weighted by atomic mass is 10.1. The highest BCUT2D eigenvalue weighted by Crippen LogP contribution is 2.33. The van der Waals surface area contributed by atoms with Crippen LogP contribution in [0, 0.1) is 5.82 Å². The molecule has 0 aliphatic rings. The van der Waals surface area contributed by atoms with Crippen molar-refractivity contribution in [3.8, 4) is 17.0 Å². The van der Waals surface area contributed by atoms with Gasteiger partial charge in [0.05, 0.1) is 18.4 Å². The van der Waals surface area contributed by atoms with E-state index in [9.17, 15) is 4.39 Å². The van der Waals surface area contributed by atoms with E-state index in [0.717, 1.165) is 5.13 Å². The molecule has 2 aromatic rings. The molecule has 1 aromatic carbocycles. The van der Waals surface area contributed by atoms with E-state index in [1.54, 1.807) is 24.6 Å². The van der Waals surface area contributed by atoms with E-state index in [1.165, 1.54) is 24.5 Å². The minimum Gasteiger partial charge on any atom is -0.496 e. The molecule has 0 aliphatic heterocycles. The Bertz CT molecular complexity index is 498. The van der Waals surface area contributed by atoms with Crippen LogP contribution in [0.4, 0.5) is 9.52 Å². The molecule has 0 saturated heterocycles. The number of nitrogens with zero attached hydrogens (tertiary/aromatic N) is 1. The van der Waals surface area contributed by atoms with Crippen LogP contribution in [-0.4, -0.2) is 19.1 Å². The number of ether oxygens (including phenoxy) is 1. The van der Waals surface area contributed by atoms with Gasteiger partial charge in [0, 0.05) is 12.4 Å². The number of thiazole rings is 1. The zero-order valence-electron chi connectivity index (χ0n) is 8.95. The average molecular weight is 238 g/mol. The molecule has 1 N–H and O–H groups in total. The summed E-state index contributed by atoms with van der Waals surface area (Å²) < 4.78 is 18.8. The topological polar surface area (TPSA) is 34.2 Å². The molecule has 2 rings (SSSR count). The Morgan fingerprint density at radius 3 is 2.88 bits per heavy atom. The molecule has 1 aromatic heterocycles. The minimum atomic E-state index is -0.327. The van der Waals surface area contributed by atoms with E-state index >= 15 is 0 Å². The van der Waals surface area contributed by atoms with E-state index in [0.29, 0.717) is 17.0 Å². The first kappa shape index (κ1) is 10.9. The lowest BCUT2D eigenvalue weighted by Crippen LogP contribution is -1.92. The highest BCUT2D eigenvalue weighted by Gasteiger charge is 2.14. The number of hydrogen-bond donors (Lipinski definition) is 1. The molecule has 0 radical (unpaired) electrons. The van der Waals surface area contributed by atoms with Gasteiger partial charge in [-0.1, -0.05) is 6.07 Å². The minimum absolute atomic E-state index is 0.327. The van der Waals surface area contributed by atoms with Gasteiger partial charge in [-0.05, 0) is 12.1 Å². The van der Waals surface area contributed by atoms with Gasteiger partial charge in [0.1, 0.15) is 11.6 Å². The molecule has 0 atom stereocenters. The average Bonchev–Trinajstić information content (AvgIpc) is 2.76. The SMILES string of the molecule is CNc1nc(-c2c(F)cccc2OC)cs1. The molecule has 0 amide bonds. The molecule has 1 heterocycles. The number of halogens is 1. The second-order valence-corrected chi connectivity index (χ2v) is 3.96. The van der Waals surface area contributed by atoms with Crippen LogP contribution in [0.3, 0.4) is 0 Å². The van der Waals surface area contributed by atoms with Crippen molar-refractivity contribution < 1.29 is 9.13 Å². The number of methoxy groups -OCH3 is 1. The van der Waals surface area contributed by atoms with Crippen molar-refractivity contribution in [1.82, 2.24) is 4.98 Å². The first-order valence-corrected chi connectivity index (χ1v) is 5.60. The highest BCUT2D eigenvalue weighted by atomic mass is 32.1. The van der Waals surface area contributed by atoms with Crippen molar-refractivity contribution in [3.63, 3.8) is 0 Å². The molecule has 0 bridgehead atoms. The number of nitrogens with one attached hydrogen (secondary N) is 1. The molecular formula is C11H11FN2OS. The summed E-state index contributed by atoms with van der Waals surface area (Å²) in [4.78, 5) is 4.26. The zero-order valence-corrected chi connectivity index (χ0v) is 9.77. The van der Waals surface area contributed by atoms with Crippen molar-refractivity contribution in [3.05, 3.63) is 29.4 Å². The van der Waals surface area contributed by atoms with Gasteiger partial charge in [-0.25, -0.2) is 9.37 Å². The predicted molar refractivity (Wildman–Crippen MR) is 63.6 cm³/mol. The third-order valence-electron chi connectivity index (χ3n) is 2.17. The summed E-state index contributed by atoms with van der Waals surface area (Å²) in [5, 5.41) is 5.47. The summed E-state index contributed by atoms with van der Waals surface area (Å²) in [6, 6.07) is 4.73. The smallest absolute Gasteiger partial charge is 0.182 e. The van der Waals surface area contributed by atoms with Crippen molar-refractivity contribution in [1.29, 1.82) is 0 Å². The molecule has 0 spiro atoms. The van der Waals surface area contributed by atoms with Gasteiger partial charge in [0.25, 0.3) is 0 Å². The Kier molecular flexibility index (Phi) is 3.05. The van der Waals surface area contributed by atoms with E-state index in [4.69, 9.17) is 4.74 Å².